The van der Waals surface area contributed by atoms with Gasteiger partial charge in [-0.05, 0) is 32.1 Å². The van der Waals surface area contributed by atoms with Crippen LogP contribution in [-0.2, 0) is 14.3 Å². The second-order valence-corrected chi connectivity index (χ2v) is 20.3. The molecule has 0 rings (SSSR count). The summed E-state index contributed by atoms with van der Waals surface area (Å²) in [6.07, 6.45) is 65.1. The maximum atomic E-state index is 12.5. The Morgan fingerprint density at radius 3 is 1.05 bits per heavy atom. The van der Waals surface area contributed by atoms with Crippen molar-refractivity contribution in [1.82, 2.24) is 5.32 Å². The van der Waals surface area contributed by atoms with Gasteiger partial charge in [0.25, 0.3) is 0 Å². The van der Waals surface area contributed by atoms with Crippen LogP contribution in [-0.4, -0.2) is 47.4 Å². The number of carbonyl (C=O) groups excluding carboxylic acids is 2. The monoisotopic (exact) mass is 918 g/mol. The van der Waals surface area contributed by atoms with E-state index >= 15 is 0 Å². The minimum absolute atomic E-state index is 0.00215. The molecule has 3 N–H and O–H groups in total. The van der Waals surface area contributed by atoms with Crippen LogP contribution < -0.4 is 5.32 Å². The van der Waals surface area contributed by atoms with Crippen molar-refractivity contribution in [2.24, 2.45) is 0 Å². The summed E-state index contributed by atoms with van der Waals surface area (Å²) in [4.78, 5) is 24.5. The van der Waals surface area contributed by atoms with Gasteiger partial charge in [-0.1, -0.05) is 296 Å². The molecule has 0 radical (unpaired) electrons. The summed E-state index contributed by atoms with van der Waals surface area (Å²) < 4.78 is 5.48. The molecular formula is C59H115NO5. The Morgan fingerprint density at radius 1 is 0.415 bits per heavy atom. The number of esters is 1. The van der Waals surface area contributed by atoms with Crippen LogP contribution in [0.5, 0.6) is 0 Å². The number of amides is 1. The first kappa shape index (κ1) is 63.6. The van der Waals surface area contributed by atoms with Gasteiger partial charge in [0.1, 0.15) is 0 Å². The molecule has 1 amide bonds. The molecule has 0 aromatic rings. The van der Waals surface area contributed by atoms with Crippen molar-refractivity contribution < 1.29 is 24.5 Å². The van der Waals surface area contributed by atoms with Gasteiger partial charge in [-0.2, -0.15) is 0 Å². The number of rotatable bonds is 55. The lowest BCUT2D eigenvalue weighted by Gasteiger charge is -2.20. The molecule has 0 aliphatic heterocycles. The van der Waals surface area contributed by atoms with E-state index in [-0.39, 0.29) is 18.5 Å². The fraction of sp³-hybridized carbons (Fsp3) is 0.932. The molecule has 0 heterocycles. The molecule has 0 aromatic carbocycles. The molecule has 0 spiro atoms. The van der Waals surface area contributed by atoms with Gasteiger partial charge in [0.05, 0.1) is 25.4 Å². The van der Waals surface area contributed by atoms with Crippen LogP contribution in [0.4, 0.5) is 0 Å². The molecule has 386 valence electrons. The van der Waals surface area contributed by atoms with Gasteiger partial charge in [-0.25, -0.2) is 0 Å². The number of aliphatic hydroxyl groups excluding tert-OH is 2. The van der Waals surface area contributed by atoms with Crippen molar-refractivity contribution in [3.8, 4) is 0 Å². The van der Waals surface area contributed by atoms with Crippen molar-refractivity contribution in [3.63, 3.8) is 0 Å². The highest BCUT2D eigenvalue weighted by molar-refractivity contribution is 5.76. The van der Waals surface area contributed by atoms with Gasteiger partial charge in [-0.3, -0.25) is 9.59 Å². The Bertz CT molecular complexity index is 970. The van der Waals surface area contributed by atoms with Crippen LogP contribution in [0.25, 0.3) is 0 Å². The molecule has 0 bridgehead atoms. The van der Waals surface area contributed by atoms with E-state index in [2.05, 4.69) is 19.2 Å². The van der Waals surface area contributed by atoms with Crippen molar-refractivity contribution in [1.29, 1.82) is 0 Å². The van der Waals surface area contributed by atoms with Crippen LogP contribution in [0.2, 0.25) is 0 Å². The third-order valence-corrected chi connectivity index (χ3v) is 13.8. The van der Waals surface area contributed by atoms with E-state index in [1.54, 1.807) is 6.08 Å². The van der Waals surface area contributed by atoms with Gasteiger partial charge in [-0.15, -0.1) is 0 Å². The highest BCUT2D eigenvalue weighted by atomic mass is 16.5. The predicted octanol–water partition coefficient (Wildman–Crippen LogP) is 18.1. The van der Waals surface area contributed by atoms with E-state index in [4.69, 9.17) is 4.74 Å². The largest absolute Gasteiger partial charge is 0.466 e. The second kappa shape index (κ2) is 55.2. The van der Waals surface area contributed by atoms with Crippen molar-refractivity contribution in [2.75, 3.05) is 13.2 Å². The molecule has 65 heavy (non-hydrogen) atoms. The molecule has 0 fully saturated rings. The number of carbonyl (C=O) groups is 2. The van der Waals surface area contributed by atoms with Crippen molar-refractivity contribution in [2.45, 2.75) is 341 Å². The molecule has 0 saturated carbocycles. The molecule has 0 aromatic heterocycles. The SMILES string of the molecule is CCCCCCCCCCCCCCCCCC/C=C/C(O)C(CO)NC(=O)CCCCCCCCCCCCCCCOC(=O)CCCCCCCCCCCCCCCCCCC. The summed E-state index contributed by atoms with van der Waals surface area (Å²) in [5.74, 6) is -0.0797. The van der Waals surface area contributed by atoms with Crippen LogP contribution in [0.3, 0.4) is 0 Å². The number of unbranched alkanes of at least 4 members (excludes halogenated alkanes) is 44. The van der Waals surface area contributed by atoms with E-state index < -0.39 is 12.1 Å². The minimum atomic E-state index is -0.852. The molecule has 0 saturated heterocycles. The molecule has 2 atom stereocenters. The lowest BCUT2D eigenvalue weighted by atomic mass is 10.0. The third kappa shape index (κ3) is 51.8. The Hall–Kier alpha value is -1.40. The fourth-order valence-corrected chi connectivity index (χ4v) is 9.28. The number of nitrogens with one attached hydrogen (secondary N) is 1. The maximum absolute atomic E-state index is 12.5. The predicted molar refractivity (Wildman–Crippen MR) is 283 cm³/mol. The number of aliphatic hydroxyl groups is 2. The number of ether oxygens (including phenoxy) is 1. The van der Waals surface area contributed by atoms with Crippen LogP contribution >= 0.6 is 0 Å². The average molecular weight is 919 g/mol. The Labute approximate surface area is 406 Å². The Kier molecular flexibility index (Phi) is 54.0. The summed E-state index contributed by atoms with van der Waals surface area (Å²) in [5, 5.41) is 23.1. The first-order chi connectivity index (χ1) is 32.0. The zero-order valence-electron chi connectivity index (χ0n) is 44.0. The standard InChI is InChI=1S/C59H115NO5/c1-3-5-7-9-11-13-15-17-19-21-23-24-27-31-35-39-43-47-51-57(62)56(55-61)60-58(63)52-48-44-40-36-32-28-26-30-34-38-42-46-50-54-65-59(64)53-49-45-41-37-33-29-25-22-20-18-16-14-12-10-8-6-4-2/h47,51,56-57,61-62H,3-46,48-50,52-55H2,1-2H3,(H,60,63)/b51-47+. The summed E-state index contributed by atoms with van der Waals surface area (Å²) in [5.41, 5.74) is 0. The van der Waals surface area contributed by atoms with Gasteiger partial charge >= 0.3 is 5.97 Å². The number of hydrogen-bond donors (Lipinski definition) is 3. The van der Waals surface area contributed by atoms with E-state index in [0.717, 1.165) is 57.8 Å². The van der Waals surface area contributed by atoms with Gasteiger partial charge in [0, 0.05) is 12.8 Å². The zero-order valence-corrected chi connectivity index (χ0v) is 44.0. The van der Waals surface area contributed by atoms with Crippen molar-refractivity contribution in [3.05, 3.63) is 12.2 Å². The average Bonchev–Trinajstić information content (AvgIpc) is 3.31. The first-order valence-corrected chi connectivity index (χ1v) is 29.5. The summed E-state index contributed by atoms with van der Waals surface area (Å²) in [7, 11) is 0. The number of hydrogen-bond acceptors (Lipinski definition) is 5. The smallest absolute Gasteiger partial charge is 0.305 e. The maximum Gasteiger partial charge on any atom is 0.305 e. The Balaban J connectivity index is 3.45. The van der Waals surface area contributed by atoms with Crippen LogP contribution in [0, 0.1) is 0 Å². The van der Waals surface area contributed by atoms with E-state index in [1.807, 2.05) is 6.08 Å². The first-order valence-electron chi connectivity index (χ1n) is 29.5. The molecule has 0 aliphatic carbocycles. The van der Waals surface area contributed by atoms with E-state index in [0.29, 0.717) is 19.4 Å². The lowest BCUT2D eigenvalue weighted by molar-refractivity contribution is -0.143. The van der Waals surface area contributed by atoms with Gasteiger partial charge in [0.15, 0.2) is 0 Å². The molecule has 6 heteroatoms. The number of allylic oxidation sites excluding steroid dienone is 1. The second-order valence-electron chi connectivity index (χ2n) is 20.3. The minimum Gasteiger partial charge on any atom is -0.466 e. The Morgan fingerprint density at radius 2 is 0.708 bits per heavy atom. The quantitative estimate of drug-likeness (QED) is 0.0321. The highest BCUT2D eigenvalue weighted by Crippen LogP contribution is 2.17. The van der Waals surface area contributed by atoms with E-state index in [9.17, 15) is 19.8 Å². The lowest BCUT2D eigenvalue weighted by Crippen LogP contribution is -2.45. The third-order valence-electron chi connectivity index (χ3n) is 13.8. The van der Waals surface area contributed by atoms with Gasteiger partial charge in [0.2, 0.25) is 5.91 Å². The normalized spacial score (nSPS) is 12.6. The molecule has 0 aliphatic rings. The fourth-order valence-electron chi connectivity index (χ4n) is 9.28. The summed E-state index contributed by atoms with van der Waals surface area (Å²) in [6, 6.07) is -0.637. The summed E-state index contributed by atoms with van der Waals surface area (Å²) >= 11 is 0. The molecule has 6 nitrogen and oxygen atoms in total. The van der Waals surface area contributed by atoms with E-state index in [1.165, 1.54) is 244 Å². The molecular weight excluding hydrogens is 803 g/mol. The van der Waals surface area contributed by atoms with Crippen LogP contribution in [0.1, 0.15) is 328 Å². The van der Waals surface area contributed by atoms with Crippen LogP contribution in [0.15, 0.2) is 12.2 Å². The molecule has 2 unspecified atom stereocenters. The van der Waals surface area contributed by atoms with Crippen molar-refractivity contribution >= 4 is 11.9 Å². The summed E-state index contributed by atoms with van der Waals surface area (Å²) in [6.45, 7) is 4.90. The van der Waals surface area contributed by atoms with Gasteiger partial charge < -0.3 is 20.3 Å². The highest BCUT2D eigenvalue weighted by Gasteiger charge is 2.18. The zero-order chi connectivity index (χ0) is 47.2. The topological polar surface area (TPSA) is 95.9 Å².